The second-order valence-corrected chi connectivity index (χ2v) is 5.65. The Hall–Kier alpha value is -2.09. The summed E-state index contributed by atoms with van der Waals surface area (Å²) in [4.78, 5) is 6.57. The number of aliphatic hydroxyl groups is 1. The Morgan fingerprint density at radius 2 is 2.20 bits per heavy atom. The number of hydrogen-bond donors (Lipinski definition) is 2. The minimum Gasteiger partial charge on any atom is -0.490 e. The summed E-state index contributed by atoms with van der Waals surface area (Å²) >= 11 is 0. The molecule has 0 saturated carbocycles. The summed E-state index contributed by atoms with van der Waals surface area (Å²) < 4.78 is 34.7. The van der Waals surface area contributed by atoms with Gasteiger partial charge in [0.1, 0.15) is 0 Å². The number of benzene rings is 1. The topological polar surface area (TPSA) is 66.3 Å². The van der Waals surface area contributed by atoms with Gasteiger partial charge in [-0.2, -0.15) is 8.78 Å². The van der Waals surface area contributed by atoms with Crippen molar-refractivity contribution in [1.82, 2.24) is 10.2 Å². The maximum Gasteiger partial charge on any atom is 0.387 e. The number of nitrogens with one attached hydrogen (secondary N) is 1. The first-order chi connectivity index (χ1) is 12.0. The molecule has 2 rings (SSSR count). The van der Waals surface area contributed by atoms with E-state index in [4.69, 9.17) is 4.74 Å². The van der Waals surface area contributed by atoms with Crippen LogP contribution in [0.3, 0.4) is 0 Å². The van der Waals surface area contributed by atoms with Crippen LogP contribution in [0.4, 0.5) is 8.78 Å². The highest BCUT2D eigenvalue weighted by atomic mass is 19.3. The molecule has 2 N–H and O–H groups in total. The molecule has 0 bridgehead atoms. The number of hydrogen-bond acceptors (Lipinski definition) is 4. The van der Waals surface area contributed by atoms with Crippen molar-refractivity contribution in [3.05, 3.63) is 23.8 Å². The number of halogens is 2. The predicted octanol–water partition coefficient (Wildman–Crippen LogP) is 2.22. The van der Waals surface area contributed by atoms with Gasteiger partial charge in [0, 0.05) is 19.6 Å². The van der Waals surface area contributed by atoms with E-state index < -0.39 is 6.61 Å². The zero-order valence-electron chi connectivity index (χ0n) is 14.5. The summed E-state index contributed by atoms with van der Waals surface area (Å²) in [5, 5.41) is 12.9. The molecule has 1 aliphatic rings. The molecule has 0 amide bonds. The van der Waals surface area contributed by atoms with Crippen LogP contribution in [0.2, 0.25) is 0 Å². The highest BCUT2D eigenvalue weighted by Gasteiger charge is 2.22. The maximum absolute atomic E-state index is 12.5. The fraction of sp³-hybridized carbons (Fsp3) is 0.588. The largest absolute Gasteiger partial charge is 0.490 e. The molecule has 8 heteroatoms. The standard InChI is InChI=1S/C17H25F2N3O3/c1-3-20-17(22-8-7-13(23)11-22)21-10-12-5-6-14(25-16(18)19)15(9-12)24-4-2/h5-6,9,13,16,23H,3-4,7-8,10-11H2,1-2H3,(H,20,21)/t13-/m1/s1. The molecule has 0 spiro atoms. The van der Waals surface area contributed by atoms with Gasteiger partial charge in [0.15, 0.2) is 17.5 Å². The molecule has 140 valence electrons. The Morgan fingerprint density at radius 1 is 1.40 bits per heavy atom. The molecule has 6 nitrogen and oxygen atoms in total. The van der Waals surface area contributed by atoms with Crippen molar-refractivity contribution >= 4 is 5.96 Å². The molecular weight excluding hydrogens is 332 g/mol. The monoisotopic (exact) mass is 357 g/mol. The summed E-state index contributed by atoms with van der Waals surface area (Å²) in [5.41, 5.74) is 0.820. The van der Waals surface area contributed by atoms with Gasteiger partial charge in [0.25, 0.3) is 0 Å². The zero-order valence-corrected chi connectivity index (χ0v) is 14.5. The van der Waals surface area contributed by atoms with Crippen molar-refractivity contribution in [2.24, 2.45) is 4.99 Å². The number of aliphatic hydroxyl groups excluding tert-OH is 1. The number of alkyl halides is 2. The number of β-amino-alcohol motifs (C(OH)–C–C–N with tert-alkyl or cyclic N) is 1. The van der Waals surface area contributed by atoms with Crippen molar-refractivity contribution in [3.63, 3.8) is 0 Å². The fourth-order valence-corrected chi connectivity index (χ4v) is 2.64. The molecule has 0 radical (unpaired) electrons. The lowest BCUT2D eigenvalue weighted by molar-refractivity contribution is -0.0514. The van der Waals surface area contributed by atoms with E-state index in [1.807, 2.05) is 11.8 Å². The number of aliphatic imine (C=N–C) groups is 1. The Kier molecular flexibility index (Phi) is 7.24. The van der Waals surface area contributed by atoms with Crippen LogP contribution in [0.25, 0.3) is 0 Å². The van der Waals surface area contributed by atoms with Crippen LogP contribution in [0, 0.1) is 0 Å². The summed E-state index contributed by atoms with van der Waals surface area (Å²) in [6, 6.07) is 4.81. The molecule has 1 aromatic rings. The van der Waals surface area contributed by atoms with E-state index in [2.05, 4.69) is 15.0 Å². The first kappa shape index (κ1) is 19.2. The van der Waals surface area contributed by atoms with Crippen LogP contribution in [0.5, 0.6) is 11.5 Å². The van der Waals surface area contributed by atoms with Gasteiger partial charge in [-0.1, -0.05) is 6.07 Å². The third-order valence-electron chi connectivity index (χ3n) is 3.73. The summed E-state index contributed by atoms with van der Waals surface area (Å²) in [6.45, 7) is 3.59. The van der Waals surface area contributed by atoms with E-state index >= 15 is 0 Å². The predicted molar refractivity (Wildman–Crippen MR) is 91.3 cm³/mol. The summed E-state index contributed by atoms with van der Waals surface area (Å²) in [6.07, 6.45) is 0.387. The van der Waals surface area contributed by atoms with Crippen molar-refractivity contribution < 1.29 is 23.4 Å². The van der Waals surface area contributed by atoms with Gasteiger partial charge >= 0.3 is 6.61 Å². The molecule has 1 aromatic carbocycles. The second kappa shape index (κ2) is 9.41. The van der Waals surface area contributed by atoms with E-state index in [0.29, 0.717) is 19.7 Å². The van der Waals surface area contributed by atoms with E-state index in [9.17, 15) is 13.9 Å². The lowest BCUT2D eigenvalue weighted by atomic mass is 10.2. The van der Waals surface area contributed by atoms with E-state index in [0.717, 1.165) is 31.0 Å². The highest BCUT2D eigenvalue weighted by molar-refractivity contribution is 5.80. The van der Waals surface area contributed by atoms with Gasteiger partial charge in [-0.05, 0) is 38.0 Å². The Morgan fingerprint density at radius 3 is 2.80 bits per heavy atom. The molecule has 1 atom stereocenters. The maximum atomic E-state index is 12.5. The summed E-state index contributed by atoms with van der Waals surface area (Å²) in [5.74, 6) is 1.01. The van der Waals surface area contributed by atoms with Crippen LogP contribution in [-0.2, 0) is 6.54 Å². The van der Waals surface area contributed by atoms with Gasteiger partial charge in [0.2, 0.25) is 0 Å². The van der Waals surface area contributed by atoms with Crippen molar-refractivity contribution in [2.75, 3.05) is 26.2 Å². The van der Waals surface area contributed by atoms with Gasteiger partial charge in [-0.25, -0.2) is 4.99 Å². The number of ether oxygens (including phenoxy) is 2. The van der Waals surface area contributed by atoms with E-state index in [1.165, 1.54) is 6.07 Å². The Bertz CT molecular complexity index is 584. The van der Waals surface area contributed by atoms with Crippen LogP contribution >= 0.6 is 0 Å². The molecule has 1 fully saturated rings. The number of likely N-dealkylation sites (tertiary alicyclic amines) is 1. The fourth-order valence-electron chi connectivity index (χ4n) is 2.64. The van der Waals surface area contributed by atoms with Crippen LogP contribution in [0.1, 0.15) is 25.8 Å². The molecule has 0 aliphatic carbocycles. The lowest BCUT2D eigenvalue weighted by Gasteiger charge is -2.21. The molecule has 1 heterocycles. The number of rotatable bonds is 7. The third kappa shape index (κ3) is 5.74. The number of guanidine groups is 1. The van der Waals surface area contributed by atoms with Gasteiger partial charge in [-0.3, -0.25) is 0 Å². The van der Waals surface area contributed by atoms with Crippen LogP contribution < -0.4 is 14.8 Å². The molecule has 1 aliphatic heterocycles. The zero-order chi connectivity index (χ0) is 18.2. The van der Waals surface area contributed by atoms with Gasteiger partial charge in [0.05, 0.1) is 19.3 Å². The first-order valence-electron chi connectivity index (χ1n) is 8.45. The lowest BCUT2D eigenvalue weighted by Crippen LogP contribution is -2.40. The molecule has 25 heavy (non-hydrogen) atoms. The molecule has 0 aromatic heterocycles. The average molecular weight is 357 g/mol. The second-order valence-electron chi connectivity index (χ2n) is 5.65. The van der Waals surface area contributed by atoms with Crippen molar-refractivity contribution in [3.8, 4) is 11.5 Å². The first-order valence-corrected chi connectivity index (χ1v) is 8.45. The smallest absolute Gasteiger partial charge is 0.387 e. The molecular formula is C17H25F2N3O3. The van der Waals surface area contributed by atoms with Gasteiger partial charge in [-0.15, -0.1) is 0 Å². The van der Waals surface area contributed by atoms with Crippen molar-refractivity contribution in [1.29, 1.82) is 0 Å². The Balaban J connectivity index is 2.12. The third-order valence-corrected chi connectivity index (χ3v) is 3.73. The normalized spacial score (nSPS) is 17.9. The van der Waals surface area contributed by atoms with Crippen LogP contribution in [0.15, 0.2) is 23.2 Å². The molecule has 0 unspecified atom stereocenters. The minimum absolute atomic E-state index is 0.0131. The van der Waals surface area contributed by atoms with E-state index in [-0.39, 0.29) is 17.6 Å². The van der Waals surface area contributed by atoms with E-state index in [1.54, 1.807) is 19.1 Å². The quantitative estimate of drug-likeness (QED) is 0.579. The van der Waals surface area contributed by atoms with Gasteiger partial charge < -0.3 is 24.8 Å². The SMILES string of the molecule is CCNC(=NCc1ccc(OC(F)F)c(OCC)c1)N1CC[C@@H](O)C1. The van der Waals surface area contributed by atoms with Crippen LogP contribution in [-0.4, -0.2) is 54.9 Å². The Labute approximate surface area is 146 Å². The number of nitrogens with zero attached hydrogens (tertiary/aromatic N) is 2. The summed E-state index contributed by atoms with van der Waals surface area (Å²) in [7, 11) is 0. The van der Waals surface area contributed by atoms with Crippen molar-refractivity contribution in [2.45, 2.75) is 39.5 Å². The molecule has 1 saturated heterocycles. The minimum atomic E-state index is -2.90. The highest BCUT2D eigenvalue weighted by Crippen LogP contribution is 2.30. The average Bonchev–Trinajstić information content (AvgIpc) is 3.00.